The summed E-state index contributed by atoms with van der Waals surface area (Å²) in [5.41, 5.74) is 1.46. The zero-order chi connectivity index (χ0) is 20.6. The van der Waals surface area contributed by atoms with E-state index >= 15 is 0 Å². The number of hydrogen-bond acceptors (Lipinski definition) is 4. The molecule has 0 fully saturated rings. The van der Waals surface area contributed by atoms with E-state index in [0.29, 0.717) is 28.9 Å². The summed E-state index contributed by atoms with van der Waals surface area (Å²) in [4.78, 5) is 8.43. The standard InChI is InChI=1S/C19H19ClF2N6O.HI/c1-23-19(26-12-14-10-15(20)3-4-16(14)29-18(21)22)25-11-13-5-7-24-17(9-13)28-8-2-6-27-28;/h2-10,18H,11-12H2,1H3,(H2,23,25,26);1H. The molecule has 11 heteroatoms. The molecule has 2 aromatic heterocycles. The smallest absolute Gasteiger partial charge is 0.387 e. The Labute approximate surface area is 194 Å². The molecule has 0 amide bonds. The normalized spacial score (nSPS) is 11.2. The minimum Gasteiger partial charge on any atom is -0.434 e. The lowest BCUT2D eigenvalue weighted by Gasteiger charge is -2.15. The fourth-order valence-corrected chi connectivity index (χ4v) is 2.78. The maximum Gasteiger partial charge on any atom is 0.387 e. The molecule has 0 unspecified atom stereocenters. The van der Waals surface area contributed by atoms with Crippen molar-refractivity contribution in [2.75, 3.05) is 7.05 Å². The number of rotatable bonds is 7. The zero-order valence-corrected chi connectivity index (χ0v) is 19.0. The van der Waals surface area contributed by atoms with Crippen molar-refractivity contribution in [1.29, 1.82) is 0 Å². The molecule has 2 N–H and O–H groups in total. The third-order valence-corrected chi connectivity index (χ3v) is 4.15. The van der Waals surface area contributed by atoms with E-state index in [1.54, 1.807) is 30.2 Å². The fourth-order valence-electron chi connectivity index (χ4n) is 2.58. The number of ether oxygens (including phenoxy) is 1. The van der Waals surface area contributed by atoms with Gasteiger partial charge in [0.05, 0.1) is 0 Å². The fraction of sp³-hybridized carbons (Fsp3) is 0.211. The van der Waals surface area contributed by atoms with Crippen molar-refractivity contribution in [2.45, 2.75) is 19.7 Å². The first-order valence-electron chi connectivity index (χ1n) is 8.68. The molecule has 3 rings (SSSR count). The first-order valence-corrected chi connectivity index (χ1v) is 9.05. The second-order valence-corrected chi connectivity index (χ2v) is 6.32. The van der Waals surface area contributed by atoms with E-state index in [9.17, 15) is 8.78 Å². The number of guanidine groups is 1. The number of benzene rings is 1. The van der Waals surface area contributed by atoms with Gasteiger partial charge in [0.1, 0.15) is 5.75 Å². The number of nitrogens with zero attached hydrogens (tertiary/aromatic N) is 4. The molecule has 0 aliphatic rings. The maximum atomic E-state index is 12.6. The monoisotopic (exact) mass is 548 g/mol. The Morgan fingerprint density at radius 1 is 1.20 bits per heavy atom. The van der Waals surface area contributed by atoms with Crippen LogP contribution >= 0.6 is 35.6 Å². The lowest BCUT2D eigenvalue weighted by molar-refractivity contribution is -0.0504. The molecular weight excluding hydrogens is 529 g/mol. The number of halogens is 4. The highest BCUT2D eigenvalue weighted by molar-refractivity contribution is 14.0. The zero-order valence-electron chi connectivity index (χ0n) is 15.9. The second-order valence-electron chi connectivity index (χ2n) is 5.88. The van der Waals surface area contributed by atoms with E-state index in [1.165, 1.54) is 12.1 Å². The molecule has 0 radical (unpaired) electrons. The lowest BCUT2D eigenvalue weighted by Crippen LogP contribution is -2.36. The van der Waals surface area contributed by atoms with Crippen LogP contribution in [0.4, 0.5) is 8.78 Å². The van der Waals surface area contributed by atoms with Gasteiger partial charge in [0.25, 0.3) is 0 Å². The van der Waals surface area contributed by atoms with Crippen LogP contribution in [-0.4, -0.2) is 34.4 Å². The average molecular weight is 549 g/mol. The van der Waals surface area contributed by atoms with Crippen LogP contribution in [0.15, 0.2) is 60.0 Å². The molecule has 0 bridgehead atoms. The van der Waals surface area contributed by atoms with Crippen molar-refractivity contribution in [3.8, 4) is 11.6 Å². The molecule has 1 aromatic carbocycles. The van der Waals surface area contributed by atoms with Crippen LogP contribution < -0.4 is 15.4 Å². The highest BCUT2D eigenvalue weighted by Crippen LogP contribution is 2.24. The van der Waals surface area contributed by atoms with Crippen molar-refractivity contribution in [3.63, 3.8) is 0 Å². The summed E-state index contributed by atoms with van der Waals surface area (Å²) in [7, 11) is 1.62. The van der Waals surface area contributed by atoms with Gasteiger partial charge in [0, 0.05) is 49.3 Å². The maximum absolute atomic E-state index is 12.6. The number of hydrogen-bond donors (Lipinski definition) is 2. The van der Waals surface area contributed by atoms with Gasteiger partial charge in [-0.15, -0.1) is 24.0 Å². The molecule has 0 saturated heterocycles. The van der Waals surface area contributed by atoms with Crippen molar-refractivity contribution in [1.82, 2.24) is 25.4 Å². The highest BCUT2D eigenvalue weighted by Gasteiger charge is 2.11. The Kier molecular flexibility index (Phi) is 9.24. The van der Waals surface area contributed by atoms with Gasteiger partial charge in [0.15, 0.2) is 11.8 Å². The van der Waals surface area contributed by atoms with E-state index in [2.05, 4.69) is 30.4 Å². The molecule has 30 heavy (non-hydrogen) atoms. The second kappa shape index (κ2) is 11.6. The summed E-state index contributed by atoms with van der Waals surface area (Å²) in [5.74, 6) is 1.25. The van der Waals surface area contributed by atoms with Gasteiger partial charge < -0.3 is 15.4 Å². The van der Waals surface area contributed by atoms with Gasteiger partial charge in [0.2, 0.25) is 0 Å². The molecule has 0 atom stereocenters. The number of nitrogens with one attached hydrogen (secondary N) is 2. The third kappa shape index (κ3) is 6.80. The van der Waals surface area contributed by atoms with Gasteiger partial charge in [-0.2, -0.15) is 13.9 Å². The van der Waals surface area contributed by atoms with Gasteiger partial charge in [-0.05, 0) is 42.0 Å². The van der Waals surface area contributed by atoms with Crippen molar-refractivity contribution < 1.29 is 13.5 Å². The van der Waals surface area contributed by atoms with E-state index in [4.69, 9.17) is 11.6 Å². The predicted octanol–water partition coefficient (Wildman–Crippen LogP) is 4.01. The first kappa shape index (κ1) is 23.8. The van der Waals surface area contributed by atoms with Gasteiger partial charge >= 0.3 is 6.61 Å². The van der Waals surface area contributed by atoms with E-state index < -0.39 is 6.61 Å². The Morgan fingerprint density at radius 2 is 2.00 bits per heavy atom. The molecule has 160 valence electrons. The molecule has 3 aromatic rings. The number of pyridine rings is 1. The Hall–Kier alpha value is -2.47. The molecule has 2 heterocycles. The van der Waals surface area contributed by atoms with E-state index in [1.807, 2.05) is 24.4 Å². The first-order chi connectivity index (χ1) is 14.0. The summed E-state index contributed by atoms with van der Waals surface area (Å²) in [6.07, 6.45) is 5.19. The summed E-state index contributed by atoms with van der Waals surface area (Å²) < 4.78 is 31.4. The molecule has 0 spiro atoms. The molecular formula is C19H20ClF2IN6O. The van der Waals surface area contributed by atoms with Crippen LogP contribution in [0.25, 0.3) is 5.82 Å². The Bertz CT molecular complexity index is 971. The van der Waals surface area contributed by atoms with Crippen LogP contribution in [0.3, 0.4) is 0 Å². The molecule has 0 aliphatic carbocycles. The largest absolute Gasteiger partial charge is 0.434 e. The predicted molar refractivity (Wildman–Crippen MR) is 122 cm³/mol. The Morgan fingerprint density at radius 3 is 2.70 bits per heavy atom. The number of aromatic nitrogens is 3. The van der Waals surface area contributed by atoms with Gasteiger partial charge in [-0.3, -0.25) is 4.99 Å². The van der Waals surface area contributed by atoms with Crippen LogP contribution in [0, 0.1) is 0 Å². The molecule has 0 aliphatic heterocycles. The van der Waals surface area contributed by atoms with E-state index in [0.717, 1.165) is 5.56 Å². The van der Waals surface area contributed by atoms with Crippen molar-refractivity contribution in [3.05, 3.63) is 71.1 Å². The SMILES string of the molecule is CN=C(NCc1ccnc(-n2cccn2)c1)NCc1cc(Cl)ccc1OC(F)F.I. The van der Waals surface area contributed by atoms with Crippen molar-refractivity contribution >= 4 is 41.5 Å². The van der Waals surface area contributed by atoms with Crippen molar-refractivity contribution in [2.24, 2.45) is 4.99 Å². The minimum atomic E-state index is -2.91. The van der Waals surface area contributed by atoms with Crippen LogP contribution in [-0.2, 0) is 13.1 Å². The lowest BCUT2D eigenvalue weighted by atomic mass is 10.2. The van der Waals surface area contributed by atoms with E-state index in [-0.39, 0.29) is 36.3 Å². The van der Waals surface area contributed by atoms with Crippen LogP contribution in [0.2, 0.25) is 5.02 Å². The summed E-state index contributed by atoms with van der Waals surface area (Å²) in [6, 6.07) is 10.1. The van der Waals surface area contributed by atoms with Crippen LogP contribution in [0.1, 0.15) is 11.1 Å². The topological polar surface area (TPSA) is 76.4 Å². The summed E-state index contributed by atoms with van der Waals surface area (Å²) >= 11 is 5.97. The Balaban J connectivity index is 0.00000320. The third-order valence-electron chi connectivity index (χ3n) is 3.92. The minimum absolute atomic E-state index is 0. The average Bonchev–Trinajstić information content (AvgIpc) is 3.25. The highest BCUT2D eigenvalue weighted by atomic mass is 127. The quantitative estimate of drug-likeness (QED) is 0.265. The summed E-state index contributed by atoms with van der Waals surface area (Å²) in [6.45, 7) is -2.23. The number of alkyl halides is 2. The van der Waals surface area contributed by atoms with Gasteiger partial charge in [-0.25, -0.2) is 9.67 Å². The summed E-state index contributed by atoms with van der Waals surface area (Å²) in [5, 5.41) is 10.8. The number of aliphatic imine (C=N–C) groups is 1. The van der Waals surface area contributed by atoms with Crippen LogP contribution in [0.5, 0.6) is 5.75 Å². The van der Waals surface area contributed by atoms with Gasteiger partial charge in [-0.1, -0.05) is 11.6 Å². The molecule has 7 nitrogen and oxygen atoms in total. The molecule has 0 saturated carbocycles.